The number of aromatic nitrogens is 2. The lowest BCUT2D eigenvalue weighted by molar-refractivity contribution is 0.0191. The molecule has 3 rings (SSSR count). The first-order valence-corrected chi connectivity index (χ1v) is 11.1. The van der Waals surface area contributed by atoms with Crippen molar-refractivity contribution >= 4 is 24.3 Å². The Balaban J connectivity index is 1.88. The topological polar surface area (TPSA) is 73.3 Å². The molecule has 1 unspecified atom stereocenters. The fourth-order valence-corrected chi connectivity index (χ4v) is 4.08. The highest BCUT2D eigenvalue weighted by molar-refractivity contribution is 7.80. The first-order chi connectivity index (χ1) is 15.0. The number of nitrogens with one attached hydrogen (secondary N) is 1. The van der Waals surface area contributed by atoms with Gasteiger partial charge in [0.05, 0.1) is 18.1 Å². The van der Waals surface area contributed by atoms with Gasteiger partial charge < -0.3 is 14.8 Å². The second-order valence-electron chi connectivity index (χ2n) is 9.04. The summed E-state index contributed by atoms with van der Waals surface area (Å²) in [7, 11) is 0. The van der Waals surface area contributed by atoms with Crippen molar-refractivity contribution < 1.29 is 18.7 Å². The molecule has 0 spiro atoms. The van der Waals surface area contributed by atoms with Gasteiger partial charge in [-0.15, -0.1) is 12.6 Å². The van der Waals surface area contributed by atoms with Gasteiger partial charge in [0.15, 0.2) is 0 Å². The first-order valence-electron chi connectivity index (χ1n) is 10.7. The fourth-order valence-electron chi connectivity index (χ4n) is 3.96. The van der Waals surface area contributed by atoms with Crippen LogP contribution >= 0.6 is 12.6 Å². The zero-order valence-electron chi connectivity index (χ0n) is 18.9. The fraction of sp³-hybridized carbons (Fsp3) is 0.458. The number of ether oxygens (including phenoxy) is 2. The molecule has 0 radical (unpaired) electrons. The minimum atomic E-state index is -0.776. The number of carbonyl (C=O) groups is 1. The summed E-state index contributed by atoms with van der Waals surface area (Å²) in [5, 5.41) is 3.51. The van der Waals surface area contributed by atoms with Crippen LogP contribution in [0.5, 0.6) is 5.75 Å². The molecule has 172 valence electrons. The lowest BCUT2D eigenvalue weighted by Crippen LogP contribution is -2.47. The number of allylic oxidation sites excluding steroid dienone is 1. The van der Waals surface area contributed by atoms with E-state index >= 15 is 0 Å². The van der Waals surface area contributed by atoms with E-state index in [0.29, 0.717) is 35.7 Å². The predicted molar refractivity (Wildman–Crippen MR) is 124 cm³/mol. The van der Waals surface area contributed by atoms with Gasteiger partial charge in [0.25, 0.3) is 0 Å². The van der Waals surface area contributed by atoms with Gasteiger partial charge in [0.1, 0.15) is 33.8 Å². The second-order valence-corrected chi connectivity index (χ2v) is 9.50. The van der Waals surface area contributed by atoms with E-state index in [2.05, 4.69) is 34.5 Å². The lowest BCUT2D eigenvalue weighted by Gasteiger charge is -2.35. The molecule has 2 aromatic rings. The molecule has 1 aromatic carbocycles. The molecule has 0 fully saturated rings. The van der Waals surface area contributed by atoms with Gasteiger partial charge in [-0.25, -0.2) is 14.2 Å². The summed E-state index contributed by atoms with van der Waals surface area (Å²) in [5.41, 5.74) is 0.780. The van der Waals surface area contributed by atoms with Crippen molar-refractivity contribution in [1.82, 2.24) is 15.3 Å². The number of amides is 1. The molecule has 0 aliphatic carbocycles. The molecule has 32 heavy (non-hydrogen) atoms. The van der Waals surface area contributed by atoms with Crippen LogP contribution in [0, 0.1) is 5.82 Å². The Kier molecular flexibility index (Phi) is 7.12. The molecule has 0 bridgehead atoms. The zero-order valence-corrected chi connectivity index (χ0v) is 19.8. The smallest absolute Gasteiger partial charge is 0.408 e. The number of carbonyl (C=O) groups excluding carboxylic acids is 1. The molecule has 6 nitrogen and oxygen atoms in total. The van der Waals surface area contributed by atoms with Gasteiger partial charge in [-0.05, 0) is 51.7 Å². The maximum atomic E-state index is 14.0. The van der Waals surface area contributed by atoms with Gasteiger partial charge in [-0.1, -0.05) is 26.0 Å². The number of alkyl carbamates (subject to hydrolysis) is 1. The predicted octanol–water partition coefficient (Wildman–Crippen LogP) is 5.90. The number of fused-ring (bicyclic) bond motifs is 1. The van der Waals surface area contributed by atoms with Crippen LogP contribution in [-0.2, 0) is 4.74 Å². The second kappa shape index (κ2) is 9.48. The van der Waals surface area contributed by atoms with Crippen molar-refractivity contribution in [3.05, 3.63) is 54.2 Å². The Morgan fingerprint density at radius 2 is 2.06 bits per heavy atom. The molecule has 0 saturated carbocycles. The number of rotatable bonds is 7. The van der Waals surface area contributed by atoms with Crippen molar-refractivity contribution in [1.29, 1.82) is 0 Å². The van der Waals surface area contributed by atoms with E-state index < -0.39 is 29.2 Å². The highest BCUT2D eigenvalue weighted by Crippen LogP contribution is 2.49. The van der Waals surface area contributed by atoms with Gasteiger partial charge in [0, 0.05) is 11.6 Å². The summed E-state index contributed by atoms with van der Waals surface area (Å²) in [5.74, 6) is 0.0444. The van der Waals surface area contributed by atoms with Crippen LogP contribution in [0.15, 0.2) is 42.2 Å². The molecule has 1 amide bonds. The van der Waals surface area contributed by atoms with Crippen LogP contribution in [0.1, 0.15) is 70.7 Å². The van der Waals surface area contributed by atoms with Crippen LogP contribution in [0.2, 0.25) is 0 Å². The van der Waals surface area contributed by atoms with E-state index in [1.165, 1.54) is 12.1 Å². The summed E-state index contributed by atoms with van der Waals surface area (Å²) in [4.78, 5) is 21.2. The van der Waals surface area contributed by atoms with Crippen molar-refractivity contribution in [2.24, 2.45) is 0 Å². The van der Waals surface area contributed by atoms with Crippen LogP contribution in [-0.4, -0.2) is 27.3 Å². The Bertz CT molecular complexity index is 991. The lowest BCUT2D eigenvalue weighted by atomic mass is 9.82. The van der Waals surface area contributed by atoms with Crippen molar-refractivity contribution in [3.63, 3.8) is 0 Å². The average molecular weight is 460 g/mol. The van der Waals surface area contributed by atoms with E-state index in [0.717, 1.165) is 17.6 Å². The number of thiol groups is 1. The number of hydrogen-bond acceptors (Lipinski definition) is 6. The monoisotopic (exact) mass is 459 g/mol. The van der Waals surface area contributed by atoms with E-state index in [4.69, 9.17) is 9.47 Å². The highest BCUT2D eigenvalue weighted by atomic mass is 32.1. The Labute approximate surface area is 194 Å². The maximum Gasteiger partial charge on any atom is 0.408 e. The van der Waals surface area contributed by atoms with Crippen LogP contribution in [0.3, 0.4) is 0 Å². The van der Waals surface area contributed by atoms with Gasteiger partial charge >= 0.3 is 6.09 Å². The number of nitrogens with zero attached hydrogens (tertiary/aromatic N) is 2. The minimum absolute atomic E-state index is 0.390. The summed E-state index contributed by atoms with van der Waals surface area (Å²) in [6, 6.07) is 3.91. The van der Waals surface area contributed by atoms with Crippen LogP contribution in [0.25, 0.3) is 5.57 Å². The first kappa shape index (κ1) is 24.0. The molecule has 2 atom stereocenters. The maximum absolute atomic E-state index is 14.0. The van der Waals surface area contributed by atoms with Crippen molar-refractivity contribution in [2.75, 3.05) is 0 Å². The Hall–Kier alpha value is -2.61. The third-order valence-electron chi connectivity index (χ3n) is 5.31. The quantitative estimate of drug-likeness (QED) is 0.505. The minimum Gasteiger partial charge on any atom is -0.484 e. The zero-order chi connectivity index (χ0) is 23.5. The van der Waals surface area contributed by atoms with Crippen LogP contribution < -0.4 is 10.1 Å². The van der Waals surface area contributed by atoms with E-state index in [9.17, 15) is 9.18 Å². The SMILES string of the molecule is C=C(CCC1(CCC)Oc2cc(F)ccc2[C@H]1NC(=O)OC(C)(C)C)c1cnc(S)cn1. The van der Waals surface area contributed by atoms with E-state index in [1.54, 1.807) is 18.5 Å². The molecular weight excluding hydrogens is 429 g/mol. The molecule has 1 aliphatic rings. The van der Waals surface area contributed by atoms with Gasteiger partial charge in [-0.3, -0.25) is 4.98 Å². The summed E-state index contributed by atoms with van der Waals surface area (Å²) in [6.07, 6.45) is 5.22. The van der Waals surface area contributed by atoms with Crippen molar-refractivity contribution in [2.45, 2.75) is 75.6 Å². The molecule has 1 N–H and O–H groups in total. The van der Waals surface area contributed by atoms with Crippen molar-refractivity contribution in [3.8, 4) is 5.75 Å². The Morgan fingerprint density at radius 3 is 2.69 bits per heavy atom. The van der Waals surface area contributed by atoms with Gasteiger partial charge in [-0.2, -0.15) is 0 Å². The molecule has 1 aliphatic heterocycles. The normalized spacial score (nSPS) is 19.8. The molecular formula is C24H30FN3O3S. The van der Waals surface area contributed by atoms with E-state index in [1.807, 2.05) is 27.7 Å². The molecule has 0 saturated heterocycles. The number of benzene rings is 1. The summed E-state index contributed by atoms with van der Waals surface area (Å²) in [6.45, 7) is 11.6. The third-order valence-corrected chi connectivity index (χ3v) is 5.54. The standard InChI is InChI=1S/C24H30FN3O3S/c1-6-10-24(11-9-15(2)18-13-27-20(32)14-26-18)21(28-22(29)31-23(3,4)5)17-8-7-16(25)12-19(17)30-24/h7-8,12-14,21H,2,6,9-11H2,1,3-5H3,(H,27,32)(H,28,29)/t21-,24?/m1/s1. The number of hydrogen-bond donors (Lipinski definition) is 2. The summed E-state index contributed by atoms with van der Waals surface area (Å²) < 4.78 is 25.8. The average Bonchev–Trinajstić information content (AvgIpc) is 2.98. The number of halogens is 1. The summed E-state index contributed by atoms with van der Waals surface area (Å²) >= 11 is 4.17. The third kappa shape index (κ3) is 5.59. The highest BCUT2D eigenvalue weighted by Gasteiger charge is 2.49. The molecule has 8 heteroatoms. The molecule has 1 aromatic heterocycles. The van der Waals surface area contributed by atoms with Gasteiger partial charge in [0.2, 0.25) is 0 Å². The van der Waals surface area contributed by atoms with Crippen LogP contribution in [0.4, 0.5) is 9.18 Å². The molecule has 2 heterocycles. The largest absolute Gasteiger partial charge is 0.484 e. The Morgan fingerprint density at radius 1 is 1.31 bits per heavy atom. The van der Waals surface area contributed by atoms with E-state index in [-0.39, 0.29) is 0 Å².